The van der Waals surface area contributed by atoms with Crippen LogP contribution in [0.3, 0.4) is 0 Å². The molecule has 1 unspecified atom stereocenters. The summed E-state index contributed by atoms with van der Waals surface area (Å²) in [4.78, 5) is 0. The number of hydrogen-bond donors (Lipinski definition) is 1. The SMILES string of the molecule is COc1ccc(CCOC2COC3(CCNCC3)C2)cc1. The maximum Gasteiger partial charge on any atom is 0.118 e. The minimum absolute atomic E-state index is 0.0933. The maximum absolute atomic E-state index is 6.05. The Morgan fingerprint density at radius 2 is 2.00 bits per heavy atom. The van der Waals surface area contributed by atoms with Crippen LogP contribution in [0.1, 0.15) is 24.8 Å². The van der Waals surface area contributed by atoms with Gasteiger partial charge in [-0.15, -0.1) is 0 Å². The van der Waals surface area contributed by atoms with Gasteiger partial charge in [-0.05, 0) is 50.0 Å². The van der Waals surface area contributed by atoms with Crippen LogP contribution < -0.4 is 10.1 Å². The molecule has 21 heavy (non-hydrogen) atoms. The van der Waals surface area contributed by atoms with Gasteiger partial charge in [-0.2, -0.15) is 0 Å². The Bertz CT molecular complexity index is 440. The van der Waals surface area contributed by atoms with E-state index in [1.54, 1.807) is 7.11 Å². The Morgan fingerprint density at radius 3 is 2.71 bits per heavy atom. The topological polar surface area (TPSA) is 39.7 Å². The summed E-state index contributed by atoms with van der Waals surface area (Å²) in [6.45, 7) is 3.65. The fraction of sp³-hybridized carbons (Fsp3) is 0.647. The van der Waals surface area contributed by atoms with Gasteiger partial charge in [0.15, 0.2) is 0 Å². The summed E-state index contributed by atoms with van der Waals surface area (Å²) in [5.41, 5.74) is 1.38. The van der Waals surface area contributed by atoms with E-state index in [0.717, 1.165) is 57.7 Å². The molecule has 0 amide bonds. The summed E-state index contributed by atoms with van der Waals surface area (Å²) in [5.74, 6) is 0.900. The minimum atomic E-state index is 0.0933. The summed E-state index contributed by atoms with van der Waals surface area (Å²) >= 11 is 0. The van der Waals surface area contributed by atoms with Gasteiger partial charge in [-0.1, -0.05) is 12.1 Å². The van der Waals surface area contributed by atoms with E-state index in [0.29, 0.717) is 0 Å². The van der Waals surface area contributed by atoms with Crippen molar-refractivity contribution in [3.05, 3.63) is 29.8 Å². The number of nitrogens with one attached hydrogen (secondary N) is 1. The zero-order valence-corrected chi connectivity index (χ0v) is 12.8. The molecule has 3 rings (SSSR count). The predicted octanol–water partition coefficient (Wildman–Crippen LogP) is 2.17. The summed E-state index contributed by atoms with van der Waals surface area (Å²) in [6, 6.07) is 8.19. The molecule has 2 aliphatic rings. The molecule has 1 aromatic rings. The highest BCUT2D eigenvalue weighted by Gasteiger charge is 2.41. The molecule has 1 spiro atoms. The molecule has 2 heterocycles. The molecule has 0 bridgehead atoms. The van der Waals surface area contributed by atoms with E-state index in [2.05, 4.69) is 17.4 Å². The second kappa shape index (κ2) is 6.77. The zero-order valence-electron chi connectivity index (χ0n) is 12.8. The van der Waals surface area contributed by atoms with Crippen LogP contribution in [0, 0.1) is 0 Å². The average molecular weight is 291 g/mol. The number of ether oxygens (including phenoxy) is 3. The fourth-order valence-corrected chi connectivity index (χ4v) is 3.28. The first-order chi connectivity index (χ1) is 10.3. The zero-order chi connectivity index (χ0) is 14.5. The molecule has 4 heteroatoms. The molecule has 1 aromatic carbocycles. The highest BCUT2D eigenvalue weighted by atomic mass is 16.6. The number of methoxy groups -OCH3 is 1. The Morgan fingerprint density at radius 1 is 1.24 bits per heavy atom. The summed E-state index contributed by atoms with van der Waals surface area (Å²) in [6.07, 6.45) is 4.49. The lowest BCUT2D eigenvalue weighted by Gasteiger charge is -2.32. The van der Waals surface area contributed by atoms with E-state index in [1.165, 1.54) is 5.56 Å². The normalized spacial score (nSPS) is 24.3. The van der Waals surface area contributed by atoms with Crippen LogP contribution in [-0.2, 0) is 15.9 Å². The van der Waals surface area contributed by atoms with Gasteiger partial charge in [-0.3, -0.25) is 0 Å². The number of hydrogen-bond acceptors (Lipinski definition) is 4. The number of piperidine rings is 1. The van der Waals surface area contributed by atoms with Crippen molar-refractivity contribution in [1.29, 1.82) is 0 Å². The average Bonchev–Trinajstić information content (AvgIpc) is 2.91. The molecule has 2 aliphatic heterocycles. The summed E-state index contributed by atoms with van der Waals surface area (Å²) < 4.78 is 17.2. The molecule has 4 nitrogen and oxygen atoms in total. The molecule has 0 aliphatic carbocycles. The van der Waals surface area contributed by atoms with E-state index < -0.39 is 0 Å². The van der Waals surface area contributed by atoms with Gasteiger partial charge in [0.1, 0.15) is 5.75 Å². The van der Waals surface area contributed by atoms with Crippen molar-refractivity contribution in [2.75, 3.05) is 33.4 Å². The first-order valence-corrected chi connectivity index (χ1v) is 7.89. The third-order valence-corrected chi connectivity index (χ3v) is 4.59. The van der Waals surface area contributed by atoms with Crippen molar-refractivity contribution in [2.24, 2.45) is 0 Å². The van der Waals surface area contributed by atoms with E-state index in [-0.39, 0.29) is 11.7 Å². The lowest BCUT2D eigenvalue weighted by atomic mass is 9.89. The Labute approximate surface area is 126 Å². The number of rotatable bonds is 5. The lowest BCUT2D eigenvalue weighted by Crippen LogP contribution is -2.41. The summed E-state index contributed by atoms with van der Waals surface area (Å²) in [7, 11) is 1.69. The van der Waals surface area contributed by atoms with Gasteiger partial charge in [-0.25, -0.2) is 0 Å². The van der Waals surface area contributed by atoms with E-state index >= 15 is 0 Å². The molecule has 0 radical (unpaired) electrons. The van der Waals surface area contributed by atoms with Gasteiger partial charge >= 0.3 is 0 Å². The van der Waals surface area contributed by atoms with Gasteiger partial charge in [0.2, 0.25) is 0 Å². The van der Waals surface area contributed by atoms with Crippen molar-refractivity contribution in [3.8, 4) is 5.75 Å². The van der Waals surface area contributed by atoms with E-state index in [1.807, 2.05) is 12.1 Å². The Kier molecular flexibility index (Phi) is 4.78. The van der Waals surface area contributed by atoms with Gasteiger partial charge in [0, 0.05) is 6.42 Å². The first kappa shape index (κ1) is 14.8. The van der Waals surface area contributed by atoms with Crippen LogP contribution in [0.5, 0.6) is 5.75 Å². The highest BCUT2D eigenvalue weighted by molar-refractivity contribution is 5.27. The molecule has 1 atom stereocenters. The maximum atomic E-state index is 6.05. The van der Waals surface area contributed by atoms with Crippen LogP contribution in [0.4, 0.5) is 0 Å². The van der Waals surface area contributed by atoms with Crippen LogP contribution in [0.25, 0.3) is 0 Å². The monoisotopic (exact) mass is 291 g/mol. The molecule has 116 valence electrons. The standard InChI is InChI=1S/C17H25NO3/c1-19-15-4-2-14(3-5-15)6-11-20-16-12-17(21-13-16)7-9-18-10-8-17/h2-5,16,18H,6-13H2,1H3. The highest BCUT2D eigenvalue weighted by Crippen LogP contribution is 2.35. The van der Waals surface area contributed by atoms with Crippen molar-refractivity contribution < 1.29 is 14.2 Å². The second-order valence-electron chi connectivity index (χ2n) is 6.04. The molecule has 2 saturated heterocycles. The van der Waals surface area contributed by atoms with E-state index in [9.17, 15) is 0 Å². The fourth-order valence-electron chi connectivity index (χ4n) is 3.28. The lowest BCUT2D eigenvalue weighted by molar-refractivity contribution is -0.0232. The third-order valence-electron chi connectivity index (χ3n) is 4.59. The molecule has 1 N–H and O–H groups in total. The quantitative estimate of drug-likeness (QED) is 0.902. The van der Waals surface area contributed by atoms with Crippen LogP contribution in [-0.4, -0.2) is 45.1 Å². The molecule has 0 saturated carbocycles. The van der Waals surface area contributed by atoms with Crippen molar-refractivity contribution >= 4 is 0 Å². The molecule has 2 fully saturated rings. The predicted molar refractivity (Wildman–Crippen MR) is 81.8 cm³/mol. The molecule has 0 aromatic heterocycles. The van der Waals surface area contributed by atoms with Gasteiger partial charge in [0.25, 0.3) is 0 Å². The van der Waals surface area contributed by atoms with E-state index in [4.69, 9.17) is 14.2 Å². The summed E-state index contributed by atoms with van der Waals surface area (Å²) in [5, 5.41) is 3.39. The van der Waals surface area contributed by atoms with Crippen molar-refractivity contribution in [1.82, 2.24) is 5.32 Å². The Balaban J connectivity index is 1.41. The largest absolute Gasteiger partial charge is 0.497 e. The van der Waals surface area contributed by atoms with Crippen molar-refractivity contribution in [2.45, 2.75) is 37.4 Å². The minimum Gasteiger partial charge on any atom is -0.497 e. The first-order valence-electron chi connectivity index (χ1n) is 7.89. The smallest absolute Gasteiger partial charge is 0.118 e. The van der Waals surface area contributed by atoms with Crippen LogP contribution >= 0.6 is 0 Å². The Hall–Kier alpha value is -1.10. The van der Waals surface area contributed by atoms with Crippen molar-refractivity contribution in [3.63, 3.8) is 0 Å². The van der Waals surface area contributed by atoms with Crippen LogP contribution in [0.15, 0.2) is 24.3 Å². The third kappa shape index (κ3) is 3.76. The molecular formula is C17H25NO3. The second-order valence-corrected chi connectivity index (χ2v) is 6.04. The van der Waals surface area contributed by atoms with Gasteiger partial charge in [0.05, 0.1) is 32.0 Å². The molecular weight excluding hydrogens is 266 g/mol. The number of benzene rings is 1. The van der Waals surface area contributed by atoms with Crippen LogP contribution in [0.2, 0.25) is 0 Å². The van der Waals surface area contributed by atoms with Gasteiger partial charge < -0.3 is 19.5 Å².